The number of aliphatic imine (C=N–C) groups is 1. The summed E-state index contributed by atoms with van der Waals surface area (Å²) >= 11 is 0. The minimum Gasteiger partial charge on any atom is -0.508 e. The maximum atomic E-state index is 9.35. The van der Waals surface area contributed by atoms with Crippen LogP contribution in [0.25, 0.3) is 0 Å². The van der Waals surface area contributed by atoms with E-state index in [1.54, 1.807) is 12.1 Å². The van der Waals surface area contributed by atoms with Crippen LogP contribution in [0.2, 0.25) is 0 Å². The van der Waals surface area contributed by atoms with Crippen LogP contribution in [0.5, 0.6) is 5.75 Å². The summed E-state index contributed by atoms with van der Waals surface area (Å²) in [6, 6.07) is 7.72. The fourth-order valence-electron chi connectivity index (χ4n) is 3.06. The summed E-state index contributed by atoms with van der Waals surface area (Å²) in [4.78, 5) is 7.23. The summed E-state index contributed by atoms with van der Waals surface area (Å²) in [5.41, 5.74) is 1.09. The summed E-state index contributed by atoms with van der Waals surface area (Å²) in [5.74, 6) is 1.91. The minimum atomic E-state index is 0.293. The Labute approximate surface area is 146 Å². The molecule has 0 unspecified atom stereocenters. The number of likely N-dealkylation sites (tertiary alicyclic amines) is 1. The largest absolute Gasteiger partial charge is 0.508 e. The predicted octanol–water partition coefficient (Wildman–Crippen LogP) is 2.57. The lowest BCUT2D eigenvalue weighted by molar-refractivity contribution is 0.187. The van der Waals surface area contributed by atoms with Gasteiger partial charge in [0.1, 0.15) is 5.75 Å². The van der Waals surface area contributed by atoms with Crippen LogP contribution in [0, 0.1) is 5.92 Å². The first-order valence-corrected chi connectivity index (χ1v) is 9.12. The molecule has 0 atom stereocenters. The van der Waals surface area contributed by atoms with Gasteiger partial charge in [-0.3, -0.25) is 0 Å². The van der Waals surface area contributed by atoms with E-state index in [1.807, 2.05) is 12.1 Å². The van der Waals surface area contributed by atoms with E-state index in [0.717, 1.165) is 49.9 Å². The molecule has 0 saturated carbocycles. The summed E-state index contributed by atoms with van der Waals surface area (Å²) in [6.45, 7) is 11.6. The van der Waals surface area contributed by atoms with Crippen LogP contribution >= 0.6 is 0 Å². The van der Waals surface area contributed by atoms with Gasteiger partial charge in [-0.1, -0.05) is 26.0 Å². The fourth-order valence-corrected chi connectivity index (χ4v) is 3.06. The number of benzene rings is 1. The third-order valence-electron chi connectivity index (χ3n) is 4.25. The van der Waals surface area contributed by atoms with Gasteiger partial charge in [0.2, 0.25) is 0 Å². The first-order valence-electron chi connectivity index (χ1n) is 9.12. The van der Waals surface area contributed by atoms with Crippen molar-refractivity contribution in [1.82, 2.24) is 15.5 Å². The first kappa shape index (κ1) is 18.6. The number of guanidine groups is 1. The van der Waals surface area contributed by atoms with Gasteiger partial charge in [0, 0.05) is 32.2 Å². The molecule has 2 rings (SSSR count). The van der Waals surface area contributed by atoms with Crippen molar-refractivity contribution in [3.63, 3.8) is 0 Å². The molecule has 1 heterocycles. The predicted molar refractivity (Wildman–Crippen MR) is 100 cm³/mol. The Bertz CT molecular complexity index is 505. The highest BCUT2D eigenvalue weighted by atomic mass is 16.3. The van der Waals surface area contributed by atoms with E-state index in [1.165, 1.54) is 6.54 Å². The van der Waals surface area contributed by atoms with E-state index in [2.05, 4.69) is 41.3 Å². The Morgan fingerprint density at radius 2 is 1.92 bits per heavy atom. The van der Waals surface area contributed by atoms with Crippen molar-refractivity contribution < 1.29 is 5.11 Å². The number of hydrogen-bond acceptors (Lipinski definition) is 3. The van der Waals surface area contributed by atoms with Gasteiger partial charge in [-0.2, -0.15) is 0 Å². The molecular weight excluding hydrogens is 300 g/mol. The van der Waals surface area contributed by atoms with Gasteiger partial charge in [0.15, 0.2) is 5.96 Å². The first-order chi connectivity index (χ1) is 11.6. The second kappa shape index (κ2) is 9.52. The monoisotopic (exact) mass is 332 g/mol. The van der Waals surface area contributed by atoms with Crippen LogP contribution < -0.4 is 10.6 Å². The normalized spacial score (nSPS) is 17.2. The van der Waals surface area contributed by atoms with Crippen LogP contribution in [-0.2, 0) is 6.54 Å². The lowest BCUT2D eigenvalue weighted by atomic mass is 10.0. The van der Waals surface area contributed by atoms with Crippen molar-refractivity contribution in [2.45, 2.75) is 46.2 Å². The van der Waals surface area contributed by atoms with Crippen LogP contribution in [0.15, 0.2) is 29.3 Å². The van der Waals surface area contributed by atoms with Crippen molar-refractivity contribution in [1.29, 1.82) is 0 Å². The smallest absolute Gasteiger partial charge is 0.191 e. The van der Waals surface area contributed by atoms with Gasteiger partial charge in [-0.05, 0) is 43.4 Å². The molecular formula is C19H32N4O. The SMILES string of the molecule is CCNC(=NCc1ccc(O)cc1)NC1CCN(CC(C)C)CC1. The second-order valence-electron chi connectivity index (χ2n) is 6.97. The molecule has 1 aliphatic heterocycles. The van der Waals surface area contributed by atoms with Gasteiger partial charge < -0.3 is 20.6 Å². The summed E-state index contributed by atoms with van der Waals surface area (Å²) < 4.78 is 0. The number of phenols is 1. The van der Waals surface area contributed by atoms with Gasteiger partial charge in [0.05, 0.1) is 6.54 Å². The molecule has 1 aromatic carbocycles. The van der Waals surface area contributed by atoms with E-state index >= 15 is 0 Å². The fraction of sp³-hybridized carbons (Fsp3) is 0.632. The van der Waals surface area contributed by atoms with E-state index in [0.29, 0.717) is 18.3 Å². The molecule has 1 aromatic rings. The third kappa shape index (κ3) is 6.40. The molecule has 0 bridgehead atoms. The Morgan fingerprint density at radius 1 is 1.25 bits per heavy atom. The Balaban J connectivity index is 1.84. The molecule has 0 aliphatic carbocycles. The molecule has 5 nitrogen and oxygen atoms in total. The zero-order chi connectivity index (χ0) is 17.4. The van der Waals surface area contributed by atoms with Crippen molar-refractivity contribution >= 4 is 5.96 Å². The maximum Gasteiger partial charge on any atom is 0.191 e. The quantitative estimate of drug-likeness (QED) is 0.553. The molecule has 1 aliphatic rings. The number of phenolic OH excluding ortho intramolecular Hbond substituents is 1. The molecule has 0 spiro atoms. The molecule has 24 heavy (non-hydrogen) atoms. The van der Waals surface area contributed by atoms with Crippen LogP contribution in [0.4, 0.5) is 0 Å². The zero-order valence-corrected chi connectivity index (χ0v) is 15.3. The number of piperidine rings is 1. The van der Waals surface area contributed by atoms with Crippen molar-refractivity contribution in [2.24, 2.45) is 10.9 Å². The number of aromatic hydroxyl groups is 1. The number of rotatable bonds is 6. The lowest BCUT2D eigenvalue weighted by Crippen LogP contribution is -2.49. The van der Waals surface area contributed by atoms with Crippen LogP contribution in [0.1, 0.15) is 39.2 Å². The van der Waals surface area contributed by atoms with E-state index < -0.39 is 0 Å². The standard InChI is InChI=1S/C19H32N4O/c1-4-20-19(21-13-16-5-7-18(24)8-6-16)22-17-9-11-23(12-10-17)14-15(2)3/h5-8,15,17,24H,4,9-14H2,1-3H3,(H2,20,21,22). The number of hydrogen-bond donors (Lipinski definition) is 3. The molecule has 1 saturated heterocycles. The lowest BCUT2D eigenvalue weighted by Gasteiger charge is -2.34. The molecule has 134 valence electrons. The third-order valence-corrected chi connectivity index (χ3v) is 4.25. The van der Waals surface area contributed by atoms with Crippen molar-refractivity contribution in [3.8, 4) is 5.75 Å². The highest BCUT2D eigenvalue weighted by Crippen LogP contribution is 2.13. The molecule has 0 radical (unpaired) electrons. The van der Waals surface area contributed by atoms with Gasteiger partial charge in [-0.15, -0.1) is 0 Å². The molecule has 0 aromatic heterocycles. The van der Waals surface area contributed by atoms with E-state index in [9.17, 15) is 5.11 Å². The Hall–Kier alpha value is -1.75. The van der Waals surface area contributed by atoms with Crippen molar-refractivity contribution in [2.75, 3.05) is 26.2 Å². The second-order valence-corrected chi connectivity index (χ2v) is 6.97. The van der Waals surface area contributed by atoms with Gasteiger partial charge in [0.25, 0.3) is 0 Å². The highest BCUT2D eigenvalue weighted by molar-refractivity contribution is 5.80. The van der Waals surface area contributed by atoms with Gasteiger partial charge >= 0.3 is 0 Å². The number of nitrogens with zero attached hydrogens (tertiary/aromatic N) is 2. The highest BCUT2D eigenvalue weighted by Gasteiger charge is 2.20. The maximum absolute atomic E-state index is 9.35. The topological polar surface area (TPSA) is 59.9 Å². The van der Waals surface area contributed by atoms with Gasteiger partial charge in [-0.25, -0.2) is 4.99 Å². The summed E-state index contributed by atoms with van der Waals surface area (Å²) in [5, 5.41) is 16.3. The number of nitrogens with one attached hydrogen (secondary N) is 2. The zero-order valence-electron chi connectivity index (χ0n) is 15.3. The summed E-state index contributed by atoms with van der Waals surface area (Å²) in [6.07, 6.45) is 2.33. The average molecular weight is 332 g/mol. The van der Waals surface area contributed by atoms with E-state index in [4.69, 9.17) is 0 Å². The summed E-state index contributed by atoms with van der Waals surface area (Å²) in [7, 11) is 0. The van der Waals surface area contributed by atoms with E-state index in [-0.39, 0.29) is 0 Å². The molecule has 0 amide bonds. The average Bonchev–Trinajstić information content (AvgIpc) is 2.55. The van der Waals surface area contributed by atoms with Crippen LogP contribution in [0.3, 0.4) is 0 Å². The minimum absolute atomic E-state index is 0.293. The van der Waals surface area contributed by atoms with Crippen molar-refractivity contribution in [3.05, 3.63) is 29.8 Å². The Morgan fingerprint density at radius 3 is 2.50 bits per heavy atom. The molecule has 1 fully saturated rings. The van der Waals surface area contributed by atoms with Crippen LogP contribution in [-0.4, -0.2) is 48.2 Å². The Kier molecular flexibility index (Phi) is 7.37. The molecule has 5 heteroatoms. The molecule has 3 N–H and O–H groups in total.